The number of nitrogens with zero attached hydrogens (tertiary/aromatic N) is 1. The molecule has 0 spiro atoms. The number of nitrogens with one attached hydrogen (secondary N) is 1. The van der Waals surface area contributed by atoms with Crippen molar-refractivity contribution < 1.29 is 19.1 Å². The first-order valence-electron chi connectivity index (χ1n) is 5.58. The SMILES string of the molecule is Cc1ccoc1CC(=O)Nc1ccc(C(=O)O)cn1. The molecule has 2 N–H and O–H groups in total. The van der Waals surface area contributed by atoms with Gasteiger partial charge in [-0.2, -0.15) is 0 Å². The molecule has 98 valence electrons. The Hall–Kier alpha value is -2.63. The lowest BCUT2D eigenvalue weighted by Gasteiger charge is -2.03. The molecule has 0 aliphatic carbocycles. The maximum atomic E-state index is 11.7. The zero-order valence-corrected chi connectivity index (χ0v) is 10.2. The fourth-order valence-corrected chi connectivity index (χ4v) is 1.51. The Morgan fingerprint density at radius 1 is 1.37 bits per heavy atom. The molecular weight excluding hydrogens is 248 g/mol. The highest BCUT2D eigenvalue weighted by molar-refractivity contribution is 5.92. The summed E-state index contributed by atoms with van der Waals surface area (Å²) in [4.78, 5) is 26.2. The largest absolute Gasteiger partial charge is 0.478 e. The van der Waals surface area contributed by atoms with Gasteiger partial charge in [-0.1, -0.05) is 0 Å². The van der Waals surface area contributed by atoms with Gasteiger partial charge in [-0.05, 0) is 30.7 Å². The van der Waals surface area contributed by atoms with Crippen molar-refractivity contribution in [3.63, 3.8) is 0 Å². The van der Waals surface area contributed by atoms with Gasteiger partial charge in [-0.15, -0.1) is 0 Å². The van der Waals surface area contributed by atoms with Crippen LogP contribution in [0.1, 0.15) is 21.7 Å². The number of aryl methyl sites for hydroxylation is 1. The smallest absolute Gasteiger partial charge is 0.337 e. The van der Waals surface area contributed by atoms with Crippen molar-refractivity contribution in [3.8, 4) is 0 Å². The Balaban J connectivity index is 1.99. The van der Waals surface area contributed by atoms with Crippen LogP contribution < -0.4 is 5.32 Å². The lowest BCUT2D eigenvalue weighted by atomic mass is 10.2. The number of hydrogen-bond acceptors (Lipinski definition) is 4. The van der Waals surface area contributed by atoms with Gasteiger partial charge in [0.2, 0.25) is 5.91 Å². The fourth-order valence-electron chi connectivity index (χ4n) is 1.51. The van der Waals surface area contributed by atoms with Gasteiger partial charge in [0.25, 0.3) is 0 Å². The average molecular weight is 260 g/mol. The van der Waals surface area contributed by atoms with Crippen molar-refractivity contribution in [1.82, 2.24) is 4.98 Å². The summed E-state index contributed by atoms with van der Waals surface area (Å²) in [5.74, 6) is -0.427. The number of amides is 1. The monoisotopic (exact) mass is 260 g/mol. The summed E-state index contributed by atoms with van der Waals surface area (Å²) in [6.07, 6.45) is 2.83. The molecule has 6 nitrogen and oxygen atoms in total. The summed E-state index contributed by atoms with van der Waals surface area (Å²) < 4.78 is 5.16. The van der Waals surface area contributed by atoms with Gasteiger partial charge in [0.15, 0.2) is 0 Å². The minimum absolute atomic E-state index is 0.0693. The van der Waals surface area contributed by atoms with Crippen molar-refractivity contribution >= 4 is 17.7 Å². The summed E-state index contributed by atoms with van der Waals surface area (Å²) in [5.41, 5.74) is 0.976. The molecule has 0 aliphatic rings. The number of aromatic nitrogens is 1. The van der Waals surface area contributed by atoms with E-state index in [9.17, 15) is 9.59 Å². The first-order valence-corrected chi connectivity index (χ1v) is 5.58. The molecule has 0 bridgehead atoms. The molecule has 0 fully saturated rings. The summed E-state index contributed by atoms with van der Waals surface area (Å²) in [5, 5.41) is 11.3. The van der Waals surface area contributed by atoms with Crippen molar-refractivity contribution in [1.29, 1.82) is 0 Å². The number of carboxylic acid groups (broad SMARTS) is 1. The summed E-state index contributed by atoms with van der Waals surface area (Å²) in [6, 6.07) is 4.60. The first kappa shape index (κ1) is 12.8. The molecule has 0 saturated heterocycles. The van der Waals surface area contributed by atoms with Gasteiger partial charge in [-0.25, -0.2) is 9.78 Å². The predicted octanol–water partition coefficient (Wildman–Crippen LogP) is 1.86. The topological polar surface area (TPSA) is 92.4 Å². The number of pyridine rings is 1. The predicted molar refractivity (Wildman–Crippen MR) is 67.0 cm³/mol. The molecule has 0 saturated carbocycles. The van der Waals surface area contributed by atoms with E-state index in [1.165, 1.54) is 24.6 Å². The van der Waals surface area contributed by atoms with Gasteiger partial charge in [0.05, 0.1) is 18.2 Å². The number of rotatable bonds is 4. The standard InChI is InChI=1S/C13H12N2O4/c1-8-4-5-19-10(8)6-12(16)15-11-3-2-9(7-14-11)13(17)18/h2-5,7H,6H2,1H3,(H,17,18)(H,14,15,16). The van der Waals surface area contributed by atoms with Crippen LogP contribution in [0.2, 0.25) is 0 Å². The van der Waals surface area contributed by atoms with Gasteiger partial charge >= 0.3 is 5.97 Å². The van der Waals surface area contributed by atoms with Gasteiger partial charge < -0.3 is 14.8 Å². The number of furan rings is 1. The number of anilines is 1. The van der Waals surface area contributed by atoms with E-state index in [2.05, 4.69) is 10.3 Å². The third-order valence-electron chi connectivity index (χ3n) is 2.57. The van der Waals surface area contributed by atoms with Crippen LogP contribution in [0.25, 0.3) is 0 Å². The second kappa shape index (κ2) is 5.34. The summed E-state index contributed by atoms with van der Waals surface area (Å²) in [6.45, 7) is 1.85. The number of carboxylic acids is 1. The average Bonchev–Trinajstić information content (AvgIpc) is 2.75. The Bertz CT molecular complexity index is 601. The summed E-state index contributed by atoms with van der Waals surface area (Å²) >= 11 is 0. The molecule has 0 unspecified atom stereocenters. The molecule has 1 amide bonds. The van der Waals surface area contributed by atoms with Crippen LogP contribution >= 0.6 is 0 Å². The highest BCUT2D eigenvalue weighted by atomic mass is 16.4. The van der Waals surface area contributed by atoms with Crippen molar-refractivity contribution in [2.24, 2.45) is 0 Å². The third-order valence-corrected chi connectivity index (χ3v) is 2.57. The van der Waals surface area contributed by atoms with Crippen molar-refractivity contribution in [3.05, 3.63) is 47.5 Å². The van der Waals surface area contributed by atoms with Crippen molar-refractivity contribution in [2.45, 2.75) is 13.3 Å². The molecule has 0 aromatic carbocycles. The van der Waals surface area contributed by atoms with Crippen LogP contribution in [0.3, 0.4) is 0 Å². The number of carbonyl (C=O) groups is 2. The highest BCUT2D eigenvalue weighted by Crippen LogP contribution is 2.11. The van der Waals surface area contributed by atoms with E-state index in [4.69, 9.17) is 9.52 Å². The van der Waals surface area contributed by atoms with E-state index in [1.54, 1.807) is 6.07 Å². The minimum Gasteiger partial charge on any atom is -0.478 e. The second-order valence-electron chi connectivity index (χ2n) is 3.99. The van der Waals surface area contributed by atoms with Crippen LogP contribution in [0.15, 0.2) is 35.1 Å². The van der Waals surface area contributed by atoms with E-state index in [-0.39, 0.29) is 17.9 Å². The lowest BCUT2D eigenvalue weighted by molar-refractivity contribution is -0.115. The Morgan fingerprint density at radius 3 is 2.68 bits per heavy atom. The molecule has 0 radical (unpaired) electrons. The zero-order chi connectivity index (χ0) is 13.8. The Kier molecular flexibility index (Phi) is 3.61. The van der Waals surface area contributed by atoms with Gasteiger partial charge in [0, 0.05) is 6.20 Å². The fraction of sp³-hybridized carbons (Fsp3) is 0.154. The summed E-state index contributed by atoms with van der Waals surface area (Å²) in [7, 11) is 0. The normalized spacial score (nSPS) is 10.2. The van der Waals surface area contributed by atoms with Crippen LogP contribution in [0.5, 0.6) is 0 Å². The third kappa shape index (κ3) is 3.19. The maximum Gasteiger partial charge on any atom is 0.337 e. The van der Waals surface area contributed by atoms with E-state index in [0.717, 1.165) is 5.56 Å². The molecule has 6 heteroatoms. The second-order valence-corrected chi connectivity index (χ2v) is 3.99. The first-order chi connectivity index (χ1) is 9.06. The lowest BCUT2D eigenvalue weighted by Crippen LogP contribution is -2.15. The van der Waals surface area contributed by atoms with E-state index >= 15 is 0 Å². The zero-order valence-electron chi connectivity index (χ0n) is 10.2. The molecule has 2 aromatic heterocycles. The molecule has 2 rings (SSSR count). The molecule has 19 heavy (non-hydrogen) atoms. The number of carbonyl (C=O) groups excluding carboxylic acids is 1. The van der Waals surface area contributed by atoms with Crippen LogP contribution in [-0.2, 0) is 11.2 Å². The Morgan fingerprint density at radius 2 is 2.16 bits per heavy atom. The quantitative estimate of drug-likeness (QED) is 0.875. The van der Waals surface area contributed by atoms with Gasteiger partial charge in [-0.3, -0.25) is 4.79 Å². The van der Waals surface area contributed by atoms with Crippen LogP contribution in [-0.4, -0.2) is 22.0 Å². The highest BCUT2D eigenvalue weighted by Gasteiger charge is 2.10. The molecule has 2 aromatic rings. The van der Waals surface area contributed by atoms with Crippen LogP contribution in [0, 0.1) is 6.92 Å². The van der Waals surface area contributed by atoms with E-state index < -0.39 is 5.97 Å². The van der Waals surface area contributed by atoms with E-state index in [1.807, 2.05) is 6.92 Å². The van der Waals surface area contributed by atoms with E-state index in [0.29, 0.717) is 11.6 Å². The molecule has 2 heterocycles. The molecule has 0 atom stereocenters. The van der Waals surface area contributed by atoms with Crippen LogP contribution in [0.4, 0.5) is 5.82 Å². The maximum absolute atomic E-state index is 11.7. The minimum atomic E-state index is -1.06. The molecular formula is C13H12N2O4. The molecule has 0 aliphatic heterocycles. The van der Waals surface area contributed by atoms with Crippen molar-refractivity contribution in [2.75, 3.05) is 5.32 Å². The Labute approximate surface area is 109 Å². The number of hydrogen-bond donors (Lipinski definition) is 2. The van der Waals surface area contributed by atoms with Gasteiger partial charge in [0.1, 0.15) is 11.6 Å². The number of aromatic carboxylic acids is 1.